The normalized spacial score (nSPS) is 11.3. The van der Waals surface area contributed by atoms with Crippen LogP contribution in [-0.2, 0) is 10.7 Å². The van der Waals surface area contributed by atoms with Gasteiger partial charge < -0.3 is 4.90 Å². The second-order valence-electron chi connectivity index (χ2n) is 3.49. The first-order valence-corrected chi connectivity index (χ1v) is 5.87. The number of rotatable bonds is 3. The molecule has 2 heterocycles. The van der Waals surface area contributed by atoms with Gasteiger partial charge in [0.1, 0.15) is 0 Å². The van der Waals surface area contributed by atoms with E-state index in [-0.39, 0.29) is 0 Å². The molecule has 2 aromatic heterocycles. The molecule has 0 unspecified atom stereocenters. The molecule has 18 heavy (non-hydrogen) atoms. The van der Waals surface area contributed by atoms with E-state index in [9.17, 15) is 13.6 Å². The number of carbonyl (C=O) groups is 1. The molecule has 0 saturated carbocycles. The third-order valence-corrected chi connectivity index (χ3v) is 3.15. The zero-order valence-corrected chi connectivity index (χ0v) is 10.2. The minimum absolute atomic E-state index is 0.304. The van der Waals surface area contributed by atoms with Gasteiger partial charge in [0.25, 0.3) is 0 Å². The number of anilines is 1. The lowest BCUT2D eigenvalue weighted by molar-refractivity contribution is -0.143. The van der Waals surface area contributed by atoms with Crippen LogP contribution in [0.1, 0.15) is 5.01 Å². The summed E-state index contributed by atoms with van der Waals surface area (Å²) in [5.41, 5.74) is 0.304. The lowest BCUT2D eigenvalue weighted by atomic mass is 10.3. The molecule has 7 heteroatoms. The SMILES string of the molecule is CN(C(=O)C(F)(F)c1nccs1)c1cccnc1. The number of pyridine rings is 1. The van der Waals surface area contributed by atoms with E-state index in [2.05, 4.69) is 9.97 Å². The van der Waals surface area contributed by atoms with Gasteiger partial charge in [0.05, 0.1) is 11.9 Å². The third-order valence-electron chi connectivity index (χ3n) is 2.31. The molecule has 0 N–H and O–H groups in total. The summed E-state index contributed by atoms with van der Waals surface area (Å²) in [6.45, 7) is 0. The monoisotopic (exact) mass is 269 g/mol. The fourth-order valence-corrected chi connectivity index (χ4v) is 1.96. The number of alkyl halides is 2. The van der Waals surface area contributed by atoms with Crippen molar-refractivity contribution in [2.45, 2.75) is 5.92 Å². The van der Waals surface area contributed by atoms with Crippen molar-refractivity contribution >= 4 is 22.9 Å². The van der Waals surface area contributed by atoms with Crippen molar-refractivity contribution in [1.82, 2.24) is 9.97 Å². The molecule has 0 aliphatic carbocycles. The highest BCUT2D eigenvalue weighted by Crippen LogP contribution is 2.32. The maximum absolute atomic E-state index is 13.9. The van der Waals surface area contributed by atoms with Crippen LogP contribution in [0.3, 0.4) is 0 Å². The van der Waals surface area contributed by atoms with Gasteiger partial charge in [-0.15, -0.1) is 11.3 Å². The highest BCUT2D eigenvalue weighted by atomic mass is 32.1. The van der Waals surface area contributed by atoms with Gasteiger partial charge in [-0.25, -0.2) is 4.98 Å². The van der Waals surface area contributed by atoms with Crippen LogP contribution in [-0.4, -0.2) is 22.9 Å². The summed E-state index contributed by atoms with van der Waals surface area (Å²) in [4.78, 5) is 19.9. The summed E-state index contributed by atoms with van der Waals surface area (Å²) in [5.74, 6) is -4.95. The van der Waals surface area contributed by atoms with Crippen molar-refractivity contribution in [2.75, 3.05) is 11.9 Å². The number of likely N-dealkylation sites (N-methyl/N-ethyl adjacent to an activating group) is 1. The Morgan fingerprint density at radius 1 is 1.44 bits per heavy atom. The number of halogens is 2. The second kappa shape index (κ2) is 4.77. The highest BCUT2D eigenvalue weighted by molar-refractivity contribution is 7.09. The lowest BCUT2D eigenvalue weighted by Crippen LogP contribution is -2.39. The molecule has 1 amide bonds. The molecular weight excluding hydrogens is 260 g/mol. The molecule has 2 aromatic rings. The summed E-state index contributed by atoms with van der Waals surface area (Å²) >= 11 is 0.747. The zero-order chi connectivity index (χ0) is 13.2. The Hall–Kier alpha value is -1.89. The molecule has 0 spiro atoms. The van der Waals surface area contributed by atoms with Gasteiger partial charge in [-0.2, -0.15) is 8.78 Å². The van der Waals surface area contributed by atoms with Crippen molar-refractivity contribution in [2.24, 2.45) is 0 Å². The van der Waals surface area contributed by atoms with E-state index in [0.29, 0.717) is 5.69 Å². The molecule has 0 fully saturated rings. The molecule has 0 bridgehead atoms. The molecule has 0 aromatic carbocycles. The number of thiazole rings is 1. The topological polar surface area (TPSA) is 46.1 Å². The van der Waals surface area contributed by atoms with E-state index < -0.39 is 16.8 Å². The van der Waals surface area contributed by atoms with E-state index >= 15 is 0 Å². The summed E-state index contributed by atoms with van der Waals surface area (Å²) in [6.07, 6.45) is 4.09. The second-order valence-corrected chi connectivity index (χ2v) is 4.38. The number of amides is 1. The molecular formula is C11H9F2N3OS. The van der Waals surface area contributed by atoms with E-state index in [1.54, 1.807) is 6.07 Å². The minimum atomic E-state index is -3.63. The van der Waals surface area contributed by atoms with Crippen LogP contribution in [0.25, 0.3) is 0 Å². The first-order valence-electron chi connectivity index (χ1n) is 4.99. The van der Waals surface area contributed by atoms with Gasteiger partial charge in [0.15, 0.2) is 5.01 Å². The van der Waals surface area contributed by atoms with Crippen LogP contribution < -0.4 is 4.90 Å². The average molecular weight is 269 g/mol. The minimum Gasteiger partial charge on any atom is -0.308 e. The summed E-state index contributed by atoms with van der Waals surface area (Å²) in [5, 5.41) is 0.892. The Morgan fingerprint density at radius 2 is 2.22 bits per heavy atom. The van der Waals surface area contributed by atoms with Crippen LogP contribution in [0.5, 0.6) is 0 Å². The van der Waals surface area contributed by atoms with Crippen LogP contribution in [0.4, 0.5) is 14.5 Å². The Morgan fingerprint density at radius 3 is 2.78 bits per heavy atom. The van der Waals surface area contributed by atoms with Gasteiger partial charge in [-0.05, 0) is 12.1 Å². The smallest absolute Gasteiger partial charge is 0.308 e. The molecule has 2 rings (SSSR count). The summed E-state index contributed by atoms with van der Waals surface area (Å²) in [6, 6.07) is 3.10. The van der Waals surface area contributed by atoms with Crippen molar-refractivity contribution < 1.29 is 13.6 Å². The van der Waals surface area contributed by atoms with Gasteiger partial charge in [-0.3, -0.25) is 9.78 Å². The van der Waals surface area contributed by atoms with Crippen LogP contribution in [0, 0.1) is 0 Å². The first kappa shape index (κ1) is 12.6. The van der Waals surface area contributed by atoms with Crippen molar-refractivity contribution in [3.05, 3.63) is 41.1 Å². The standard InChI is InChI=1S/C11H9F2N3OS/c1-16(8-3-2-4-14-7-8)10(17)11(12,13)9-15-5-6-18-9/h2-7H,1H3. The highest BCUT2D eigenvalue weighted by Gasteiger charge is 2.45. The van der Waals surface area contributed by atoms with E-state index in [0.717, 1.165) is 16.2 Å². The fraction of sp³-hybridized carbons (Fsp3) is 0.182. The predicted octanol–water partition coefficient (Wildman–Crippen LogP) is 2.29. The maximum atomic E-state index is 13.9. The van der Waals surface area contributed by atoms with E-state index in [1.807, 2.05) is 0 Å². The summed E-state index contributed by atoms with van der Waals surface area (Å²) < 4.78 is 27.7. The van der Waals surface area contributed by atoms with Gasteiger partial charge >= 0.3 is 11.8 Å². The predicted molar refractivity (Wildman–Crippen MR) is 63.7 cm³/mol. The number of hydrogen-bond acceptors (Lipinski definition) is 4. The molecule has 0 aliphatic heterocycles. The summed E-state index contributed by atoms with van der Waals surface area (Å²) in [7, 11) is 1.28. The lowest BCUT2D eigenvalue weighted by Gasteiger charge is -2.21. The Labute approximate surface area is 106 Å². The number of nitrogens with zero attached hydrogens (tertiary/aromatic N) is 3. The average Bonchev–Trinajstić information content (AvgIpc) is 2.92. The Balaban J connectivity index is 2.27. The van der Waals surface area contributed by atoms with Crippen molar-refractivity contribution in [3.63, 3.8) is 0 Å². The number of aromatic nitrogens is 2. The molecule has 0 aliphatic rings. The van der Waals surface area contributed by atoms with Gasteiger partial charge in [0.2, 0.25) is 0 Å². The molecule has 0 radical (unpaired) electrons. The Kier molecular flexibility index (Phi) is 3.33. The zero-order valence-electron chi connectivity index (χ0n) is 9.38. The first-order chi connectivity index (χ1) is 8.53. The fourth-order valence-electron chi connectivity index (χ4n) is 1.35. The molecule has 4 nitrogen and oxygen atoms in total. The maximum Gasteiger partial charge on any atom is 0.375 e. The molecule has 94 valence electrons. The number of hydrogen-bond donors (Lipinski definition) is 0. The van der Waals surface area contributed by atoms with Crippen LogP contribution in [0.2, 0.25) is 0 Å². The van der Waals surface area contributed by atoms with Crippen molar-refractivity contribution in [3.8, 4) is 0 Å². The molecule has 0 atom stereocenters. The largest absolute Gasteiger partial charge is 0.375 e. The van der Waals surface area contributed by atoms with E-state index in [4.69, 9.17) is 0 Å². The third kappa shape index (κ3) is 2.21. The van der Waals surface area contributed by atoms with Crippen LogP contribution >= 0.6 is 11.3 Å². The van der Waals surface area contributed by atoms with Gasteiger partial charge in [0, 0.05) is 24.8 Å². The van der Waals surface area contributed by atoms with Crippen molar-refractivity contribution in [1.29, 1.82) is 0 Å². The Bertz CT molecular complexity index is 530. The van der Waals surface area contributed by atoms with E-state index in [1.165, 1.54) is 37.1 Å². The van der Waals surface area contributed by atoms with Crippen LogP contribution in [0.15, 0.2) is 36.1 Å². The number of carbonyl (C=O) groups excluding carboxylic acids is 1. The quantitative estimate of drug-likeness (QED) is 0.858. The van der Waals surface area contributed by atoms with Gasteiger partial charge in [-0.1, -0.05) is 0 Å². The molecule has 0 saturated heterocycles.